The largest absolute Gasteiger partial charge is 0.463 e. The number of nitro benzene ring substituents is 2. The second-order valence-electron chi connectivity index (χ2n) is 7.07. The fourth-order valence-electron chi connectivity index (χ4n) is 3.47. The van der Waals surface area contributed by atoms with Gasteiger partial charge < -0.3 is 19.9 Å². The van der Waals surface area contributed by atoms with E-state index in [1.165, 1.54) is 13.0 Å². The van der Waals surface area contributed by atoms with Crippen molar-refractivity contribution in [1.29, 1.82) is 5.26 Å². The van der Waals surface area contributed by atoms with E-state index in [2.05, 4.69) is 15.9 Å². The Kier molecular flexibility index (Phi) is 7.36. The zero-order valence-corrected chi connectivity index (χ0v) is 19.9. The van der Waals surface area contributed by atoms with Crippen LogP contribution in [0.4, 0.5) is 11.4 Å². The van der Waals surface area contributed by atoms with Crippen molar-refractivity contribution in [3.8, 4) is 17.6 Å². The van der Waals surface area contributed by atoms with Crippen molar-refractivity contribution < 1.29 is 28.9 Å². The number of carbonyl (C=O) groups excluding carboxylic acids is 1. The molecular weight excluding hydrogens is 528 g/mol. The fourth-order valence-corrected chi connectivity index (χ4v) is 3.85. The van der Waals surface area contributed by atoms with Gasteiger partial charge in [0.2, 0.25) is 11.6 Å². The first-order valence-corrected chi connectivity index (χ1v) is 10.7. The smallest absolute Gasteiger partial charge is 0.338 e. The lowest BCUT2D eigenvalue weighted by Gasteiger charge is -2.28. The molecular formula is C22H17BrN4O8. The minimum atomic E-state index is -1.09. The first-order chi connectivity index (χ1) is 16.6. The molecule has 0 aromatic heterocycles. The lowest BCUT2D eigenvalue weighted by Crippen LogP contribution is -2.25. The molecule has 12 nitrogen and oxygen atoms in total. The molecule has 35 heavy (non-hydrogen) atoms. The van der Waals surface area contributed by atoms with E-state index >= 15 is 0 Å². The third-order valence-electron chi connectivity index (χ3n) is 4.95. The molecule has 0 fully saturated rings. The first kappa shape index (κ1) is 25.2. The van der Waals surface area contributed by atoms with Crippen molar-refractivity contribution in [2.24, 2.45) is 5.73 Å². The third kappa shape index (κ3) is 5.07. The molecule has 0 radical (unpaired) electrons. The van der Waals surface area contributed by atoms with Gasteiger partial charge in [0.25, 0.3) is 5.69 Å². The van der Waals surface area contributed by atoms with Crippen molar-refractivity contribution in [2.45, 2.75) is 19.8 Å². The number of nitriles is 1. The molecule has 1 heterocycles. The van der Waals surface area contributed by atoms with Crippen molar-refractivity contribution in [2.75, 3.05) is 6.61 Å². The van der Waals surface area contributed by atoms with E-state index in [1.807, 2.05) is 6.07 Å². The summed E-state index contributed by atoms with van der Waals surface area (Å²) in [6.07, 6.45) is 0. The minimum Gasteiger partial charge on any atom is -0.463 e. The van der Waals surface area contributed by atoms with Crippen molar-refractivity contribution in [3.05, 3.63) is 89.5 Å². The first-order valence-electron chi connectivity index (χ1n) is 9.94. The topological polar surface area (TPSA) is 181 Å². The number of benzene rings is 2. The van der Waals surface area contributed by atoms with E-state index in [0.717, 1.165) is 18.2 Å². The summed E-state index contributed by atoms with van der Waals surface area (Å²) in [7, 11) is 0. The van der Waals surface area contributed by atoms with Gasteiger partial charge in [-0.2, -0.15) is 5.26 Å². The summed E-state index contributed by atoms with van der Waals surface area (Å²) in [5.41, 5.74) is 4.95. The molecule has 13 heteroatoms. The molecule has 0 spiro atoms. The lowest BCUT2D eigenvalue weighted by atomic mass is 9.82. The van der Waals surface area contributed by atoms with Crippen LogP contribution in [-0.2, 0) is 14.3 Å². The van der Waals surface area contributed by atoms with Crippen LogP contribution in [0, 0.1) is 31.6 Å². The number of hydrogen-bond donors (Lipinski definition) is 1. The summed E-state index contributed by atoms with van der Waals surface area (Å²) < 4.78 is 16.9. The van der Waals surface area contributed by atoms with Crippen LogP contribution in [-0.4, -0.2) is 22.4 Å². The number of nitrogens with zero attached hydrogens (tertiary/aromatic N) is 3. The Morgan fingerprint density at radius 1 is 1.20 bits per heavy atom. The monoisotopic (exact) mass is 544 g/mol. The maximum atomic E-state index is 12.8. The Hall–Kier alpha value is -4.44. The minimum absolute atomic E-state index is 0.00116. The van der Waals surface area contributed by atoms with Gasteiger partial charge in [-0.1, -0.05) is 15.9 Å². The Morgan fingerprint density at radius 2 is 1.89 bits per heavy atom. The summed E-state index contributed by atoms with van der Waals surface area (Å²) in [6, 6.07) is 9.46. The summed E-state index contributed by atoms with van der Waals surface area (Å²) in [4.78, 5) is 33.9. The molecule has 2 N–H and O–H groups in total. The van der Waals surface area contributed by atoms with Gasteiger partial charge in [-0.3, -0.25) is 20.2 Å². The van der Waals surface area contributed by atoms with Gasteiger partial charge in [-0.15, -0.1) is 0 Å². The van der Waals surface area contributed by atoms with Gasteiger partial charge in [0.1, 0.15) is 23.2 Å². The predicted octanol–water partition coefficient (Wildman–Crippen LogP) is 4.70. The number of ether oxygens (including phenoxy) is 3. The van der Waals surface area contributed by atoms with E-state index in [4.69, 9.17) is 19.9 Å². The third-order valence-corrected chi connectivity index (χ3v) is 5.45. The van der Waals surface area contributed by atoms with Crippen LogP contribution in [0.2, 0.25) is 0 Å². The van der Waals surface area contributed by atoms with Gasteiger partial charge in [-0.05, 0) is 38.1 Å². The molecule has 0 bridgehead atoms. The number of allylic oxidation sites excluding steroid dienone is 2. The van der Waals surface area contributed by atoms with Crippen LogP contribution in [0.5, 0.6) is 11.5 Å². The zero-order chi connectivity index (χ0) is 25.9. The summed E-state index contributed by atoms with van der Waals surface area (Å²) in [5, 5.41) is 32.4. The van der Waals surface area contributed by atoms with Gasteiger partial charge in [0.05, 0.1) is 34.0 Å². The Labute approximate surface area is 206 Å². The molecule has 1 aliphatic rings. The predicted molar refractivity (Wildman–Crippen MR) is 124 cm³/mol. The van der Waals surface area contributed by atoms with Crippen LogP contribution in [0.1, 0.15) is 25.3 Å². The maximum Gasteiger partial charge on any atom is 0.338 e. The summed E-state index contributed by atoms with van der Waals surface area (Å²) in [6.45, 7) is 3.16. The van der Waals surface area contributed by atoms with Crippen molar-refractivity contribution >= 4 is 33.3 Å². The number of rotatable bonds is 7. The molecule has 1 unspecified atom stereocenters. The molecule has 180 valence electrons. The Morgan fingerprint density at radius 3 is 2.49 bits per heavy atom. The van der Waals surface area contributed by atoms with E-state index in [9.17, 15) is 30.3 Å². The number of esters is 1. The second-order valence-corrected chi connectivity index (χ2v) is 7.98. The molecule has 2 aromatic rings. The quantitative estimate of drug-likeness (QED) is 0.291. The molecule has 0 aliphatic carbocycles. The van der Waals surface area contributed by atoms with Crippen LogP contribution >= 0.6 is 15.9 Å². The molecule has 1 aliphatic heterocycles. The highest BCUT2D eigenvalue weighted by atomic mass is 79.9. The van der Waals surface area contributed by atoms with E-state index in [0.29, 0.717) is 4.47 Å². The average molecular weight is 545 g/mol. The zero-order valence-electron chi connectivity index (χ0n) is 18.3. The molecule has 0 saturated carbocycles. The van der Waals surface area contributed by atoms with E-state index in [1.54, 1.807) is 19.1 Å². The molecule has 0 saturated heterocycles. The van der Waals surface area contributed by atoms with Gasteiger partial charge in [-0.25, -0.2) is 4.79 Å². The van der Waals surface area contributed by atoms with E-state index < -0.39 is 33.1 Å². The van der Waals surface area contributed by atoms with Crippen molar-refractivity contribution in [1.82, 2.24) is 0 Å². The average Bonchev–Trinajstić information content (AvgIpc) is 2.79. The Balaban J connectivity index is 2.22. The van der Waals surface area contributed by atoms with Gasteiger partial charge >= 0.3 is 11.7 Å². The number of non-ortho nitro benzene ring substituents is 1. The standard InChI is InChI=1S/C22H17BrN4O8/c1-3-33-22(28)19-11(2)34-21(25)15(10-24)20(19)14-8-12(23)4-6-17(14)35-18-7-5-13(26(29)30)9-16(18)27(31)32/h4-9,20H,3,25H2,1-2H3. The highest BCUT2D eigenvalue weighted by Gasteiger charge is 2.38. The van der Waals surface area contributed by atoms with Gasteiger partial charge in [0, 0.05) is 16.1 Å². The second kappa shape index (κ2) is 10.2. The van der Waals surface area contributed by atoms with Crippen LogP contribution in [0.15, 0.2) is 63.7 Å². The maximum absolute atomic E-state index is 12.8. The molecule has 3 rings (SSSR count). The van der Waals surface area contributed by atoms with Crippen LogP contribution in [0.3, 0.4) is 0 Å². The number of carbonyl (C=O) groups is 1. The lowest BCUT2D eigenvalue weighted by molar-refractivity contribution is -0.394. The van der Waals surface area contributed by atoms with Crippen LogP contribution < -0.4 is 10.5 Å². The number of halogens is 1. The molecule has 0 amide bonds. The van der Waals surface area contributed by atoms with E-state index in [-0.39, 0.29) is 46.5 Å². The molecule has 2 aromatic carbocycles. The van der Waals surface area contributed by atoms with Crippen molar-refractivity contribution in [3.63, 3.8) is 0 Å². The Bertz CT molecular complexity index is 1350. The fraction of sp³-hybridized carbons (Fsp3) is 0.182. The normalized spacial score (nSPS) is 15.2. The highest BCUT2D eigenvalue weighted by molar-refractivity contribution is 9.10. The number of nitrogens with two attached hydrogens (primary N) is 1. The molecule has 1 atom stereocenters. The highest BCUT2D eigenvalue weighted by Crippen LogP contribution is 2.46. The number of nitro groups is 2. The van der Waals surface area contributed by atoms with Crippen LogP contribution in [0.25, 0.3) is 0 Å². The van der Waals surface area contributed by atoms with Gasteiger partial charge in [0.15, 0.2) is 0 Å². The number of hydrogen-bond acceptors (Lipinski definition) is 10. The SMILES string of the molecule is CCOC(=O)C1=C(C)OC(N)=C(C#N)C1c1cc(Br)ccc1Oc1ccc([N+](=O)[O-])cc1[N+](=O)[O-]. The summed E-state index contributed by atoms with van der Waals surface area (Å²) >= 11 is 3.34. The summed E-state index contributed by atoms with van der Waals surface area (Å²) in [5.74, 6) is -2.20.